The molecule has 0 spiro atoms. The first kappa shape index (κ1) is 21.9. The molecule has 0 aliphatic carbocycles. The zero-order valence-corrected chi connectivity index (χ0v) is 16.7. The van der Waals surface area contributed by atoms with Gasteiger partial charge in [-0.2, -0.15) is 4.31 Å². The Bertz CT molecular complexity index is 671. The number of amides is 1. The van der Waals surface area contributed by atoms with Gasteiger partial charge >= 0.3 is 0 Å². The second-order valence-electron chi connectivity index (χ2n) is 6.01. The van der Waals surface area contributed by atoms with Crippen molar-refractivity contribution in [1.29, 1.82) is 0 Å². The van der Waals surface area contributed by atoms with E-state index in [1.807, 2.05) is 0 Å². The maximum atomic E-state index is 12.7. The van der Waals surface area contributed by atoms with E-state index in [9.17, 15) is 13.2 Å². The van der Waals surface area contributed by atoms with Crippen LogP contribution in [0.4, 0.5) is 0 Å². The molecular weight excluding hydrogens is 362 g/mol. The molecule has 1 aliphatic rings. The molecule has 0 atom stereocenters. The highest BCUT2D eigenvalue weighted by Crippen LogP contribution is 2.19. The number of halogens is 1. The molecule has 1 saturated heterocycles. The first-order valence-electron chi connectivity index (χ1n) is 8.49. The number of rotatable bonds is 6. The summed E-state index contributed by atoms with van der Waals surface area (Å²) in [6.45, 7) is 6.23. The van der Waals surface area contributed by atoms with Crippen LogP contribution in [0.25, 0.3) is 0 Å². The average molecular weight is 390 g/mol. The van der Waals surface area contributed by atoms with Gasteiger partial charge in [-0.1, -0.05) is 19.9 Å². The third-order valence-electron chi connectivity index (χ3n) is 4.60. The Balaban J connectivity index is 0.00000312. The van der Waals surface area contributed by atoms with E-state index in [-0.39, 0.29) is 29.3 Å². The SMILES string of the molecule is CCN(CC)S(=O)(=O)c1cccc(C(=O)N(C)C2CCNCC2)c1.Cl. The van der Waals surface area contributed by atoms with Crippen LogP contribution < -0.4 is 5.32 Å². The summed E-state index contributed by atoms with van der Waals surface area (Å²) in [6, 6.07) is 6.56. The number of hydrogen-bond donors (Lipinski definition) is 1. The van der Waals surface area contributed by atoms with Gasteiger partial charge in [-0.25, -0.2) is 8.42 Å². The van der Waals surface area contributed by atoms with Crippen molar-refractivity contribution in [1.82, 2.24) is 14.5 Å². The van der Waals surface area contributed by atoms with E-state index in [2.05, 4.69) is 5.32 Å². The molecule has 1 aromatic carbocycles. The standard InChI is InChI=1S/C17H27N3O3S.ClH/c1-4-20(5-2)24(22,23)16-8-6-7-14(13-16)17(21)19(3)15-9-11-18-12-10-15;/h6-8,13,15,18H,4-5,9-12H2,1-3H3;1H. The Labute approximate surface area is 157 Å². The monoisotopic (exact) mass is 389 g/mol. The summed E-state index contributed by atoms with van der Waals surface area (Å²) >= 11 is 0. The van der Waals surface area contributed by atoms with Gasteiger partial charge in [-0.05, 0) is 44.1 Å². The van der Waals surface area contributed by atoms with Gasteiger partial charge in [-0.3, -0.25) is 4.79 Å². The second kappa shape index (κ2) is 9.52. The number of carbonyl (C=O) groups excluding carboxylic acids is 1. The molecule has 25 heavy (non-hydrogen) atoms. The molecule has 142 valence electrons. The topological polar surface area (TPSA) is 69.7 Å². The fourth-order valence-electron chi connectivity index (χ4n) is 3.07. The van der Waals surface area contributed by atoms with Gasteiger partial charge in [0.15, 0.2) is 0 Å². The minimum atomic E-state index is -3.56. The van der Waals surface area contributed by atoms with Crippen LogP contribution in [0.5, 0.6) is 0 Å². The Hall–Kier alpha value is -1.15. The van der Waals surface area contributed by atoms with Gasteiger partial charge in [0.2, 0.25) is 10.0 Å². The van der Waals surface area contributed by atoms with Crippen LogP contribution in [0.1, 0.15) is 37.0 Å². The van der Waals surface area contributed by atoms with E-state index in [1.165, 1.54) is 10.4 Å². The number of nitrogens with one attached hydrogen (secondary N) is 1. The highest BCUT2D eigenvalue weighted by Gasteiger charge is 2.26. The van der Waals surface area contributed by atoms with Crippen molar-refractivity contribution in [2.45, 2.75) is 37.6 Å². The summed E-state index contributed by atoms with van der Waals surface area (Å²) in [5, 5.41) is 3.28. The molecule has 0 unspecified atom stereocenters. The zero-order chi connectivity index (χ0) is 17.7. The summed E-state index contributed by atoms with van der Waals surface area (Å²) in [5.41, 5.74) is 0.421. The Morgan fingerprint density at radius 3 is 2.36 bits per heavy atom. The van der Waals surface area contributed by atoms with Crippen LogP contribution in [-0.4, -0.2) is 62.8 Å². The molecular formula is C17H28ClN3O3S. The lowest BCUT2D eigenvalue weighted by molar-refractivity contribution is 0.0703. The number of piperidine rings is 1. The minimum absolute atomic E-state index is 0. The summed E-state index contributed by atoms with van der Waals surface area (Å²) in [7, 11) is -1.76. The number of hydrogen-bond acceptors (Lipinski definition) is 4. The van der Waals surface area contributed by atoms with Crippen LogP contribution in [0.2, 0.25) is 0 Å². The smallest absolute Gasteiger partial charge is 0.253 e. The van der Waals surface area contributed by atoms with Gasteiger partial charge in [0, 0.05) is 31.7 Å². The Morgan fingerprint density at radius 1 is 1.20 bits per heavy atom. The molecule has 1 aliphatic heterocycles. The Morgan fingerprint density at radius 2 is 1.80 bits per heavy atom. The van der Waals surface area contributed by atoms with Crippen LogP contribution in [0.3, 0.4) is 0 Å². The van der Waals surface area contributed by atoms with Crippen LogP contribution >= 0.6 is 12.4 Å². The van der Waals surface area contributed by atoms with Crippen molar-refractivity contribution in [3.05, 3.63) is 29.8 Å². The normalized spacial score (nSPS) is 15.7. The largest absolute Gasteiger partial charge is 0.339 e. The van der Waals surface area contributed by atoms with Crippen molar-refractivity contribution < 1.29 is 13.2 Å². The number of carbonyl (C=O) groups is 1. The van der Waals surface area contributed by atoms with Gasteiger partial charge in [0.05, 0.1) is 4.90 Å². The molecule has 1 amide bonds. The zero-order valence-electron chi connectivity index (χ0n) is 15.1. The van der Waals surface area contributed by atoms with Crippen molar-refractivity contribution in [3.8, 4) is 0 Å². The predicted molar refractivity (Wildman–Crippen MR) is 102 cm³/mol. The van der Waals surface area contributed by atoms with Crippen molar-refractivity contribution in [3.63, 3.8) is 0 Å². The third-order valence-corrected chi connectivity index (χ3v) is 6.65. The lowest BCUT2D eigenvalue weighted by Crippen LogP contribution is -2.44. The summed E-state index contributed by atoms with van der Waals surface area (Å²) in [6.07, 6.45) is 1.83. The van der Waals surface area contributed by atoms with Crippen molar-refractivity contribution >= 4 is 28.3 Å². The van der Waals surface area contributed by atoms with E-state index in [1.54, 1.807) is 44.0 Å². The van der Waals surface area contributed by atoms with Gasteiger partial charge in [-0.15, -0.1) is 12.4 Å². The molecule has 0 aromatic heterocycles. The molecule has 8 heteroatoms. The number of sulfonamides is 1. The highest BCUT2D eigenvalue weighted by molar-refractivity contribution is 7.89. The van der Waals surface area contributed by atoms with E-state index in [0.717, 1.165) is 25.9 Å². The highest BCUT2D eigenvalue weighted by atomic mass is 35.5. The molecule has 2 rings (SSSR count). The van der Waals surface area contributed by atoms with Crippen molar-refractivity contribution in [2.75, 3.05) is 33.2 Å². The lowest BCUT2D eigenvalue weighted by atomic mass is 10.0. The van der Waals surface area contributed by atoms with Gasteiger partial charge in [0.25, 0.3) is 5.91 Å². The minimum Gasteiger partial charge on any atom is -0.339 e. The number of nitrogens with zero attached hydrogens (tertiary/aromatic N) is 2. The van der Waals surface area contributed by atoms with Crippen LogP contribution in [-0.2, 0) is 10.0 Å². The summed E-state index contributed by atoms with van der Waals surface area (Å²) in [5.74, 6) is -0.126. The molecule has 1 heterocycles. The van der Waals surface area contributed by atoms with Gasteiger partial charge < -0.3 is 10.2 Å². The van der Waals surface area contributed by atoms with E-state index < -0.39 is 10.0 Å². The number of benzene rings is 1. The molecule has 0 bridgehead atoms. The maximum absolute atomic E-state index is 12.7. The maximum Gasteiger partial charge on any atom is 0.253 e. The first-order valence-corrected chi connectivity index (χ1v) is 9.93. The van der Waals surface area contributed by atoms with Gasteiger partial charge in [0.1, 0.15) is 0 Å². The second-order valence-corrected chi connectivity index (χ2v) is 7.95. The van der Waals surface area contributed by atoms with E-state index in [4.69, 9.17) is 0 Å². The molecule has 1 fully saturated rings. The summed E-state index contributed by atoms with van der Waals surface area (Å²) in [4.78, 5) is 14.6. The molecule has 0 saturated carbocycles. The quantitative estimate of drug-likeness (QED) is 0.807. The lowest BCUT2D eigenvalue weighted by Gasteiger charge is -2.31. The van der Waals surface area contributed by atoms with Crippen molar-refractivity contribution in [2.24, 2.45) is 0 Å². The van der Waals surface area contributed by atoms with E-state index >= 15 is 0 Å². The molecule has 1 N–H and O–H groups in total. The molecule has 1 aromatic rings. The predicted octanol–water partition coefficient (Wildman–Crippen LogP) is 1.96. The molecule has 6 nitrogen and oxygen atoms in total. The first-order chi connectivity index (χ1) is 11.4. The fraction of sp³-hybridized carbons (Fsp3) is 0.588. The van der Waals surface area contributed by atoms with E-state index in [0.29, 0.717) is 18.7 Å². The third kappa shape index (κ3) is 4.94. The fourth-order valence-corrected chi connectivity index (χ4v) is 4.57. The van der Waals surface area contributed by atoms with Crippen LogP contribution in [0.15, 0.2) is 29.2 Å². The molecule has 0 radical (unpaired) electrons. The Kier molecular flexibility index (Phi) is 8.34. The average Bonchev–Trinajstić information content (AvgIpc) is 2.62. The summed E-state index contributed by atoms with van der Waals surface area (Å²) < 4.78 is 26.7. The van der Waals surface area contributed by atoms with Crippen LogP contribution in [0, 0.1) is 0 Å².